The van der Waals surface area contributed by atoms with Crippen molar-refractivity contribution < 1.29 is 4.79 Å². The normalized spacial score (nSPS) is 30.3. The van der Waals surface area contributed by atoms with Crippen LogP contribution in [0.3, 0.4) is 0 Å². The molecule has 2 unspecified atom stereocenters. The maximum Gasteiger partial charge on any atom is 0.224 e. The van der Waals surface area contributed by atoms with Crippen molar-refractivity contribution in [3.63, 3.8) is 0 Å². The molecular weight excluding hydrogens is 296 g/mol. The van der Waals surface area contributed by atoms with E-state index in [2.05, 4.69) is 34.9 Å². The number of carbonyl (C=O) groups is 1. The molecule has 1 saturated heterocycles. The second kappa shape index (κ2) is 6.21. The third-order valence-corrected chi connectivity index (χ3v) is 5.70. The molecule has 2 fully saturated rings. The highest BCUT2D eigenvalue weighted by Gasteiger charge is 2.60. The van der Waals surface area contributed by atoms with E-state index in [9.17, 15) is 4.79 Å². The van der Waals surface area contributed by atoms with Crippen molar-refractivity contribution in [2.24, 2.45) is 5.92 Å². The smallest absolute Gasteiger partial charge is 0.224 e. The van der Waals surface area contributed by atoms with Crippen LogP contribution in [0.25, 0.3) is 0 Å². The van der Waals surface area contributed by atoms with E-state index >= 15 is 0 Å². The van der Waals surface area contributed by atoms with Crippen LogP contribution in [-0.4, -0.2) is 25.0 Å². The molecule has 1 aliphatic heterocycles. The lowest BCUT2D eigenvalue weighted by atomic mass is 9.78. The number of fused-ring (bicyclic) bond motifs is 2. The summed E-state index contributed by atoms with van der Waals surface area (Å²) in [7, 11) is 0. The first kappa shape index (κ1) is 15.8. The van der Waals surface area contributed by atoms with Gasteiger partial charge in [0.1, 0.15) is 0 Å². The van der Waals surface area contributed by atoms with Gasteiger partial charge in [0.2, 0.25) is 5.91 Å². The fourth-order valence-electron chi connectivity index (χ4n) is 4.44. The van der Waals surface area contributed by atoms with Gasteiger partial charge in [0.25, 0.3) is 0 Å². The number of aryl methyl sites for hydroxylation is 1. The highest BCUT2D eigenvalue weighted by atomic mass is 35.5. The van der Waals surface area contributed by atoms with Crippen LogP contribution < -0.4 is 10.6 Å². The summed E-state index contributed by atoms with van der Waals surface area (Å²) in [5.74, 6) is 0.521. The Morgan fingerprint density at radius 1 is 1.23 bits per heavy atom. The van der Waals surface area contributed by atoms with E-state index in [0.29, 0.717) is 11.9 Å². The molecule has 120 valence electrons. The van der Waals surface area contributed by atoms with Crippen LogP contribution in [0.2, 0.25) is 0 Å². The highest BCUT2D eigenvalue weighted by molar-refractivity contribution is 5.85. The molecule has 1 spiro atoms. The second-order valence-electron chi connectivity index (χ2n) is 6.96. The highest BCUT2D eigenvalue weighted by Crippen LogP contribution is 2.60. The van der Waals surface area contributed by atoms with Crippen molar-refractivity contribution in [3.05, 3.63) is 35.4 Å². The monoisotopic (exact) mass is 320 g/mol. The number of amides is 1. The molecule has 4 heteroatoms. The van der Waals surface area contributed by atoms with E-state index in [0.717, 1.165) is 32.4 Å². The van der Waals surface area contributed by atoms with Crippen LogP contribution in [0.5, 0.6) is 0 Å². The Balaban J connectivity index is 0.00000144. The van der Waals surface area contributed by atoms with Gasteiger partial charge in [-0.2, -0.15) is 0 Å². The molecule has 1 aromatic carbocycles. The van der Waals surface area contributed by atoms with E-state index in [-0.39, 0.29) is 23.7 Å². The molecule has 0 bridgehead atoms. The van der Waals surface area contributed by atoms with Crippen molar-refractivity contribution in [1.82, 2.24) is 10.6 Å². The molecule has 1 saturated carbocycles. The average Bonchev–Trinajstić information content (AvgIpc) is 3.24. The largest absolute Gasteiger partial charge is 0.353 e. The van der Waals surface area contributed by atoms with Crippen LogP contribution >= 0.6 is 12.4 Å². The molecule has 0 aromatic heterocycles. The minimum Gasteiger partial charge on any atom is -0.353 e. The number of nitrogens with one attached hydrogen (secondary N) is 2. The lowest BCUT2D eigenvalue weighted by Crippen LogP contribution is -2.44. The summed E-state index contributed by atoms with van der Waals surface area (Å²) in [4.78, 5) is 12.6. The minimum absolute atomic E-state index is 0. The number of carbonyl (C=O) groups excluding carboxylic acids is 1. The standard InChI is InChI=1S/C18H24N2O.ClH/c21-17(20-14-7-10-19-11-8-14)16-12-18(16)9-3-5-13-4-1-2-6-15(13)18;/h1-2,4,6,14,16,19H,3,5,7-12H2,(H,20,21);1H. The van der Waals surface area contributed by atoms with Crippen LogP contribution in [0, 0.1) is 5.92 Å². The van der Waals surface area contributed by atoms with Crippen molar-refractivity contribution in [2.75, 3.05) is 13.1 Å². The molecule has 3 aliphatic rings. The molecular formula is C18H25ClN2O. The summed E-state index contributed by atoms with van der Waals surface area (Å²) in [6.07, 6.45) is 6.80. The van der Waals surface area contributed by atoms with Crippen LogP contribution in [0.15, 0.2) is 24.3 Å². The summed E-state index contributed by atoms with van der Waals surface area (Å²) in [6.45, 7) is 2.06. The van der Waals surface area contributed by atoms with E-state index < -0.39 is 0 Å². The Labute approximate surface area is 138 Å². The zero-order valence-corrected chi connectivity index (χ0v) is 13.8. The SMILES string of the molecule is Cl.O=C(NC1CCNCC1)C1CC12CCCc1ccccc12. The van der Waals surface area contributed by atoms with Crippen molar-refractivity contribution in [2.45, 2.75) is 50.0 Å². The topological polar surface area (TPSA) is 41.1 Å². The summed E-state index contributed by atoms with van der Waals surface area (Å²) >= 11 is 0. The van der Waals surface area contributed by atoms with Gasteiger partial charge >= 0.3 is 0 Å². The van der Waals surface area contributed by atoms with Gasteiger partial charge < -0.3 is 10.6 Å². The van der Waals surface area contributed by atoms with Gasteiger partial charge in [0, 0.05) is 17.4 Å². The summed E-state index contributed by atoms with van der Waals surface area (Å²) in [5, 5.41) is 6.66. The van der Waals surface area contributed by atoms with Gasteiger partial charge in [-0.3, -0.25) is 4.79 Å². The Hall–Kier alpha value is -1.06. The van der Waals surface area contributed by atoms with E-state index in [4.69, 9.17) is 0 Å². The molecule has 1 heterocycles. The Morgan fingerprint density at radius 3 is 2.82 bits per heavy atom. The van der Waals surface area contributed by atoms with Gasteiger partial charge in [-0.25, -0.2) is 0 Å². The predicted molar refractivity (Wildman–Crippen MR) is 90.4 cm³/mol. The maximum atomic E-state index is 12.6. The van der Waals surface area contributed by atoms with Gasteiger partial charge in [-0.1, -0.05) is 24.3 Å². The Morgan fingerprint density at radius 2 is 2.00 bits per heavy atom. The lowest BCUT2D eigenvalue weighted by molar-refractivity contribution is -0.123. The third-order valence-electron chi connectivity index (χ3n) is 5.70. The molecule has 4 rings (SSSR count). The maximum absolute atomic E-state index is 12.6. The molecule has 2 aliphatic carbocycles. The van der Waals surface area contributed by atoms with Crippen molar-refractivity contribution >= 4 is 18.3 Å². The van der Waals surface area contributed by atoms with Crippen LogP contribution in [-0.2, 0) is 16.6 Å². The molecule has 22 heavy (non-hydrogen) atoms. The Bertz CT molecular complexity index is 556. The summed E-state index contributed by atoms with van der Waals surface area (Å²) in [6, 6.07) is 9.15. The number of halogens is 1. The van der Waals surface area contributed by atoms with E-state index in [1.165, 1.54) is 30.4 Å². The van der Waals surface area contributed by atoms with Crippen molar-refractivity contribution in [3.8, 4) is 0 Å². The fraction of sp³-hybridized carbons (Fsp3) is 0.611. The zero-order chi connectivity index (χ0) is 14.3. The number of hydrogen-bond donors (Lipinski definition) is 2. The first-order chi connectivity index (χ1) is 10.3. The fourth-order valence-corrected chi connectivity index (χ4v) is 4.44. The molecule has 1 amide bonds. The molecule has 1 aromatic rings. The number of hydrogen-bond acceptors (Lipinski definition) is 2. The summed E-state index contributed by atoms with van der Waals surface area (Å²) < 4.78 is 0. The lowest BCUT2D eigenvalue weighted by Gasteiger charge is -2.28. The van der Waals surface area contributed by atoms with Crippen LogP contribution in [0.4, 0.5) is 0 Å². The van der Waals surface area contributed by atoms with Gasteiger partial charge in [-0.15, -0.1) is 12.4 Å². The molecule has 3 nitrogen and oxygen atoms in total. The molecule has 2 atom stereocenters. The first-order valence-electron chi connectivity index (χ1n) is 8.39. The molecule has 2 N–H and O–H groups in total. The number of rotatable bonds is 2. The van der Waals surface area contributed by atoms with Gasteiger partial charge in [0.05, 0.1) is 0 Å². The predicted octanol–water partition coefficient (Wildman–Crippen LogP) is 2.57. The van der Waals surface area contributed by atoms with Crippen molar-refractivity contribution in [1.29, 1.82) is 0 Å². The Kier molecular flexibility index (Phi) is 4.47. The number of piperidine rings is 1. The average molecular weight is 321 g/mol. The second-order valence-corrected chi connectivity index (χ2v) is 6.96. The first-order valence-corrected chi connectivity index (χ1v) is 8.39. The van der Waals surface area contributed by atoms with E-state index in [1.807, 2.05) is 0 Å². The third kappa shape index (κ3) is 2.65. The zero-order valence-electron chi connectivity index (χ0n) is 12.9. The minimum atomic E-state index is 0. The molecule has 0 radical (unpaired) electrons. The quantitative estimate of drug-likeness (QED) is 0.879. The summed E-state index contributed by atoms with van der Waals surface area (Å²) in [5.41, 5.74) is 3.11. The van der Waals surface area contributed by atoms with Gasteiger partial charge in [0.15, 0.2) is 0 Å². The van der Waals surface area contributed by atoms with Crippen LogP contribution in [0.1, 0.15) is 43.2 Å². The van der Waals surface area contributed by atoms with Gasteiger partial charge in [-0.05, 0) is 62.7 Å². The number of benzene rings is 1. The van der Waals surface area contributed by atoms with E-state index in [1.54, 1.807) is 0 Å².